The summed E-state index contributed by atoms with van der Waals surface area (Å²) in [4.78, 5) is 8.35. The average Bonchev–Trinajstić information content (AvgIpc) is 2.35. The minimum Gasteiger partial charge on any atom is -0.493 e. The van der Waals surface area contributed by atoms with Crippen LogP contribution in [0.2, 0.25) is 0 Å². The first-order valence-corrected chi connectivity index (χ1v) is 5.55. The molecule has 0 aliphatic rings. The number of benzene rings is 1. The standard InChI is InChI=1S/C13H15N3O2.ClH/c1-9-7-12(14)16-13(15-9)8-18-11-6-4-3-5-10(11)17-2;/h3-7H,8H2,1-2H3,(H2,14,15,16);1H. The van der Waals surface area contributed by atoms with Gasteiger partial charge in [-0.05, 0) is 19.1 Å². The summed E-state index contributed by atoms with van der Waals surface area (Å²) in [5.74, 6) is 2.33. The zero-order valence-electron chi connectivity index (χ0n) is 10.8. The van der Waals surface area contributed by atoms with E-state index in [2.05, 4.69) is 9.97 Å². The minimum atomic E-state index is 0. The fraction of sp³-hybridized carbons (Fsp3) is 0.231. The molecule has 0 fully saturated rings. The third-order valence-electron chi connectivity index (χ3n) is 2.35. The van der Waals surface area contributed by atoms with Gasteiger partial charge in [-0.2, -0.15) is 0 Å². The Morgan fingerprint density at radius 1 is 1.16 bits per heavy atom. The van der Waals surface area contributed by atoms with Crippen LogP contribution in [0, 0.1) is 6.92 Å². The second-order valence-electron chi connectivity index (χ2n) is 3.79. The number of halogens is 1. The summed E-state index contributed by atoms with van der Waals surface area (Å²) in [6.07, 6.45) is 0. The molecule has 19 heavy (non-hydrogen) atoms. The van der Waals surface area contributed by atoms with Crippen LogP contribution in [0.1, 0.15) is 11.5 Å². The molecule has 6 heteroatoms. The van der Waals surface area contributed by atoms with Crippen LogP contribution >= 0.6 is 12.4 Å². The van der Waals surface area contributed by atoms with Crippen LogP contribution in [0.25, 0.3) is 0 Å². The van der Waals surface area contributed by atoms with E-state index in [1.807, 2.05) is 31.2 Å². The summed E-state index contributed by atoms with van der Waals surface area (Å²) in [7, 11) is 1.60. The van der Waals surface area contributed by atoms with Crippen molar-refractivity contribution in [3.63, 3.8) is 0 Å². The van der Waals surface area contributed by atoms with E-state index < -0.39 is 0 Å². The lowest BCUT2D eigenvalue weighted by atomic mass is 10.3. The monoisotopic (exact) mass is 281 g/mol. The lowest BCUT2D eigenvalue weighted by Crippen LogP contribution is -2.05. The molecule has 0 bridgehead atoms. The highest BCUT2D eigenvalue weighted by Crippen LogP contribution is 2.26. The average molecular weight is 282 g/mol. The molecule has 0 amide bonds. The number of hydrogen-bond donors (Lipinski definition) is 1. The number of aromatic nitrogens is 2. The largest absolute Gasteiger partial charge is 0.493 e. The van der Waals surface area contributed by atoms with Crippen molar-refractivity contribution in [1.29, 1.82) is 0 Å². The highest BCUT2D eigenvalue weighted by atomic mass is 35.5. The molecule has 2 N–H and O–H groups in total. The molecular formula is C13H16ClN3O2. The second kappa shape index (κ2) is 6.80. The number of anilines is 1. The highest BCUT2D eigenvalue weighted by molar-refractivity contribution is 5.85. The molecule has 0 atom stereocenters. The Balaban J connectivity index is 0.00000180. The van der Waals surface area contributed by atoms with Gasteiger partial charge in [0.05, 0.1) is 7.11 Å². The third kappa shape index (κ3) is 3.99. The molecule has 0 unspecified atom stereocenters. The number of methoxy groups -OCH3 is 1. The van der Waals surface area contributed by atoms with Crippen LogP contribution in [0.4, 0.5) is 5.82 Å². The molecule has 1 aromatic carbocycles. The maximum Gasteiger partial charge on any atom is 0.168 e. The molecule has 0 saturated carbocycles. The third-order valence-corrected chi connectivity index (χ3v) is 2.35. The molecule has 1 heterocycles. The van der Waals surface area contributed by atoms with Crippen molar-refractivity contribution < 1.29 is 9.47 Å². The summed E-state index contributed by atoms with van der Waals surface area (Å²) < 4.78 is 10.8. The van der Waals surface area contributed by atoms with Crippen LogP contribution in [-0.2, 0) is 6.61 Å². The fourth-order valence-electron chi connectivity index (χ4n) is 1.60. The summed E-state index contributed by atoms with van der Waals surface area (Å²) in [6, 6.07) is 9.14. The van der Waals surface area contributed by atoms with Crippen LogP contribution in [0.5, 0.6) is 11.5 Å². The van der Waals surface area contributed by atoms with E-state index in [0.717, 1.165) is 5.69 Å². The number of aryl methyl sites for hydroxylation is 1. The van der Waals surface area contributed by atoms with Crippen molar-refractivity contribution in [3.05, 3.63) is 41.9 Å². The van der Waals surface area contributed by atoms with Crippen molar-refractivity contribution in [2.24, 2.45) is 0 Å². The van der Waals surface area contributed by atoms with E-state index in [0.29, 0.717) is 23.1 Å². The lowest BCUT2D eigenvalue weighted by molar-refractivity contribution is 0.276. The zero-order chi connectivity index (χ0) is 13.0. The summed E-state index contributed by atoms with van der Waals surface area (Å²) in [6.45, 7) is 2.12. The maximum atomic E-state index is 5.65. The zero-order valence-corrected chi connectivity index (χ0v) is 11.6. The van der Waals surface area contributed by atoms with Gasteiger partial charge in [0, 0.05) is 11.8 Å². The molecule has 0 saturated heterocycles. The van der Waals surface area contributed by atoms with Gasteiger partial charge in [-0.15, -0.1) is 12.4 Å². The van der Waals surface area contributed by atoms with E-state index in [4.69, 9.17) is 15.2 Å². The SMILES string of the molecule is COc1ccccc1OCc1nc(C)cc(N)n1.Cl. The Morgan fingerprint density at radius 3 is 2.47 bits per heavy atom. The van der Waals surface area contributed by atoms with Crippen LogP contribution in [0.15, 0.2) is 30.3 Å². The predicted octanol–water partition coefficient (Wildman–Crippen LogP) is 2.38. The van der Waals surface area contributed by atoms with Gasteiger partial charge >= 0.3 is 0 Å². The van der Waals surface area contributed by atoms with E-state index in [1.54, 1.807) is 13.2 Å². The van der Waals surface area contributed by atoms with E-state index in [-0.39, 0.29) is 19.0 Å². The van der Waals surface area contributed by atoms with Crippen molar-refractivity contribution >= 4 is 18.2 Å². The first kappa shape index (κ1) is 15.0. The number of ether oxygens (including phenoxy) is 2. The van der Waals surface area contributed by atoms with Crippen molar-refractivity contribution in [2.45, 2.75) is 13.5 Å². The van der Waals surface area contributed by atoms with Gasteiger partial charge in [-0.3, -0.25) is 0 Å². The number of rotatable bonds is 4. The summed E-state index contributed by atoms with van der Waals surface area (Å²) in [5, 5.41) is 0. The minimum absolute atomic E-state index is 0. The topological polar surface area (TPSA) is 70.3 Å². The predicted molar refractivity (Wildman–Crippen MR) is 75.8 cm³/mol. The number of nitrogens with zero attached hydrogens (tertiary/aromatic N) is 2. The van der Waals surface area contributed by atoms with Gasteiger partial charge in [0.1, 0.15) is 12.4 Å². The van der Waals surface area contributed by atoms with Crippen molar-refractivity contribution in [1.82, 2.24) is 9.97 Å². The summed E-state index contributed by atoms with van der Waals surface area (Å²) >= 11 is 0. The van der Waals surface area contributed by atoms with Crippen LogP contribution < -0.4 is 15.2 Å². The van der Waals surface area contributed by atoms with Gasteiger partial charge in [0.2, 0.25) is 0 Å². The van der Waals surface area contributed by atoms with Crippen LogP contribution in [0.3, 0.4) is 0 Å². The van der Waals surface area contributed by atoms with E-state index >= 15 is 0 Å². The normalized spacial score (nSPS) is 9.58. The Kier molecular flexibility index (Phi) is 5.38. The van der Waals surface area contributed by atoms with Gasteiger partial charge < -0.3 is 15.2 Å². The smallest absolute Gasteiger partial charge is 0.168 e. The Morgan fingerprint density at radius 2 is 1.84 bits per heavy atom. The molecular weight excluding hydrogens is 266 g/mol. The maximum absolute atomic E-state index is 5.65. The van der Waals surface area contributed by atoms with Crippen molar-refractivity contribution in [2.75, 3.05) is 12.8 Å². The van der Waals surface area contributed by atoms with E-state index in [1.165, 1.54) is 0 Å². The number of hydrogen-bond acceptors (Lipinski definition) is 5. The van der Waals surface area contributed by atoms with E-state index in [9.17, 15) is 0 Å². The lowest BCUT2D eigenvalue weighted by Gasteiger charge is -2.09. The molecule has 1 aromatic heterocycles. The van der Waals surface area contributed by atoms with Crippen LogP contribution in [-0.4, -0.2) is 17.1 Å². The Hall–Kier alpha value is -2.01. The molecule has 0 aliphatic carbocycles. The first-order chi connectivity index (χ1) is 8.69. The fourth-order valence-corrected chi connectivity index (χ4v) is 1.60. The summed E-state index contributed by atoms with van der Waals surface area (Å²) in [5.41, 5.74) is 6.47. The second-order valence-corrected chi connectivity index (χ2v) is 3.79. The quantitative estimate of drug-likeness (QED) is 0.932. The Bertz CT molecular complexity index is 529. The molecule has 2 aromatic rings. The van der Waals surface area contributed by atoms with Crippen molar-refractivity contribution in [3.8, 4) is 11.5 Å². The Labute approximate surface area is 118 Å². The van der Waals surface area contributed by atoms with Gasteiger partial charge in [-0.25, -0.2) is 9.97 Å². The molecule has 5 nitrogen and oxygen atoms in total. The highest BCUT2D eigenvalue weighted by Gasteiger charge is 2.05. The molecule has 0 radical (unpaired) electrons. The molecule has 102 valence electrons. The number of nitrogen functional groups attached to an aromatic ring is 1. The van der Waals surface area contributed by atoms with Gasteiger partial charge in [0.15, 0.2) is 17.3 Å². The molecule has 0 spiro atoms. The molecule has 0 aliphatic heterocycles. The van der Waals surface area contributed by atoms with Gasteiger partial charge in [-0.1, -0.05) is 12.1 Å². The number of para-hydroxylation sites is 2. The number of nitrogens with two attached hydrogens (primary N) is 1. The molecule has 2 rings (SSSR count). The van der Waals surface area contributed by atoms with Gasteiger partial charge in [0.25, 0.3) is 0 Å². The first-order valence-electron chi connectivity index (χ1n) is 5.55.